The maximum absolute atomic E-state index is 12.8. The van der Waals surface area contributed by atoms with Crippen LogP contribution in [0.15, 0.2) is 73.1 Å². The van der Waals surface area contributed by atoms with Gasteiger partial charge in [0.1, 0.15) is 12.1 Å². The summed E-state index contributed by atoms with van der Waals surface area (Å²) in [5.74, 6) is -0.682. The summed E-state index contributed by atoms with van der Waals surface area (Å²) in [4.78, 5) is 35.0. The van der Waals surface area contributed by atoms with Crippen LogP contribution in [0.4, 0.5) is 17.2 Å². The van der Waals surface area contributed by atoms with E-state index in [2.05, 4.69) is 25.5 Å². The van der Waals surface area contributed by atoms with Crippen LogP contribution in [-0.4, -0.2) is 53.3 Å². The predicted octanol–water partition coefficient (Wildman–Crippen LogP) is 4.03. The molecule has 3 aromatic carbocycles. The molecule has 1 aliphatic rings. The van der Waals surface area contributed by atoms with Crippen molar-refractivity contribution in [2.75, 3.05) is 41.8 Å². The topological polar surface area (TPSA) is 117 Å². The molecule has 182 valence electrons. The van der Waals surface area contributed by atoms with Gasteiger partial charge in [0.15, 0.2) is 0 Å². The Morgan fingerprint density at radius 2 is 1.75 bits per heavy atom. The maximum atomic E-state index is 12.8. The van der Waals surface area contributed by atoms with Gasteiger partial charge in [-0.1, -0.05) is 18.2 Å². The van der Waals surface area contributed by atoms with Crippen molar-refractivity contribution in [2.24, 2.45) is 0 Å². The molecule has 36 heavy (non-hydrogen) atoms. The Bertz CT molecular complexity index is 1400. The molecule has 3 N–H and O–H groups in total. The molecule has 1 saturated heterocycles. The number of carbonyl (C=O) groups excluding carboxylic acids is 1. The molecular formula is C27H25N5O4. The van der Waals surface area contributed by atoms with Gasteiger partial charge in [0, 0.05) is 42.0 Å². The number of aromatic carboxylic acids is 1. The van der Waals surface area contributed by atoms with Crippen molar-refractivity contribution in [3.05, 3.63) is 89.7 Å². The number of para-hydroxylation sites is 1. The minimum absolute atomic E-state index is 0.126. The van der Waals surface area contributed by atoms with Gasteiger partial charge in [0.2, 0.25) is 0 Å². The summed E-state index contributed by atoms with van der Waals surface area (Å²) in [6, 6.07) is 20.1. The van der Waals surface area contributed by atoms with E-state index in [1.807, 2.05) is 48.5 Å². The van der Waals surface area contributed by atoms with Gasteiger partial charge in [0.25, 0.3) is 5.91 Å². The van der Waals surface area contributed by atoms with Gasteiger partial charge in [-0.3, -0.25) is 4.79 Å². The van der Waals surface area contributed by atoms with Gasteiger partial charge in [-0.2, -0.15) is 0 Å². The molecule has 2 heterocycles. The third-order valence-corrected chi connectivity index (χ3v) is 6.05. The number of amides is 1. The van der Waals surface area contributed by atoms with E-state index in [-0.39, 0.29) is 11.5 Å². The van der Waals surface area contributed by atoms with Crippen molar-refractivity contribution in [1.82, 2.24) is 9.97 Å². The number of ether oxygens (including phenoxy) is 1. The van der Waals surface area contributed by atoms with Gasteiger partial charge >= 0.3 is 5.97 Å². The van der Waals surface area contributed by atoms with Gasteiger partial charge in [-0.15, -0.1) is 0 Å². The molecule has 0 spiro atoms. The highest BCUT2D eigenvalue weighted by molar-refractivity contribution is 6.05. The van der Waals surface area contributed by atoms with Crippen molar-refractivity contribution in [3.8, 4) is 0 Å². The lowest BCUT2D eigenvalue weighted by Crippen LogP contribution is -2.36. The van der Waals surface area contributed by atoms with E-state index in [4.69, 9.17) is 4.74 Å². The fourth-order valence-electron chi connectivity index (χ4n) is 4.19. The minimum atomic E-state index is -1.04. The van der Waals surface area contributed by atoms with E-state index in [1.165, 1.54) is 12.4 Å². The molecule has 1 amide bonds. The molecule has 4 aromatic rings. The van der Waals surface area contributed by atoms with Crippen molar-refractivity contribution >= 4 is 40.0 Å². The van der Waals surface area contributed by atoms with Crippen molar-refractivity contribution in [1.29, 1.82) is 0 Å². The van der Waals surface area contributed by atoms with Crippen molar-refractivity contribution in [2.45, 2.75) is 6.54 Å². The summed E-state index contributed by atoms with van der Waals surface area (Å²) in [5, 5.41) is 16.2. The largest absolute Gasteiger partial charge is 0.478 e. The lowest BCUT2D eigenvalue weighted by molar-refractivity contribution is 0.0698. The molecule has 9 nitrogen and oxygen atoms in total. The molecule has 1 aromatic heterocycles. The third kappa shape index (κ3) is 5.11. The van der Waals surface area contributed by atoms with E-state index in [1.54, 1.807) is 12.1 Å². The summed E-state index contributed by atoms with van der Waals surface area (Å²) in [6.07, 6.45) is 1.35. The number of nitrogens with zero attached hydrogens (tertiary/aromatic N) is 3. The van der Waals surface area contributed by atoms with Gasteiger partial charge in [0.05, 0.1) is 24.3 Å². The van der Waals surface area contributed by atoms with Crippen LogP contribution in [0.25, 0.3) is 10.9 Å². The Balaban J connectivity index is 1.25. The van der Waals surface area contributed by atoms with Gasteiger partial charge < -0.3 is 25.4 Å². The summed E-state index contributed by atoms with van der Waals surface area (Å²) in [5.41, 5.74) is 3.77. The fraction of sp³-hybridized carbons (Fsp3) is 0.185. The second-order valence-electron chi connectivity index (χ2n) is 8.38. The Labute approximate surface area is 207 Å². The molecule has 9 heteroatoms. The highest BCUT2D eigenvalue weighted by atomic mass is 16.5. The lowest BCUT2D eigenvalue weighted by atomic mass is 10.1. The molecule has 0 bridgehead atoms. The first-order chi connectivity index (χ1) is 17.6. The van der Waals surface area contributed by atoms with Gasteiger partial charge in [-0.25, -0.2) is 14.8 Å². The number of nitrogens with one attached hydrogen (secondary N) is 2. The Morgan fingerprint density at radius 3 is 2.53 bits per heavy atom. The van der Waals surface area contributed by atoms with Crippen LogP contribution >= 0.6 is 0 Å². The van der Waals surface area contributed by atoms with E-state index in [9.17, 15) is 14.7 Å². The van der Waals surface area contributed by atoms with E-state index in [0.29, 0.717) is 47.7 Å². The number of anilines is 3. The van der Waals surface area contributed by atoms with Crippen LogP contribution in [0.3, 0.4) is 0 Å². The monoisotopic (exact) mass is 483 g/mol. The lowest BCUT2D eigenvalue weighted by Gasteiger charge is -2.28. The van der Waals surface area contributed by atoms with Crippen LogP contribution < -0.4 is 15.5 Å². The Hall–Kier alpha value is -4.50. The number of carboxylic acids is 1. The number of rotatable bonds is 7. The Morgan fingerprint density at radius 1 is 0.972 bits per heavy atom. The highest BCUT2D eigenvalue weighted by Crippen LogP contribution is 2.23. The van der Waals surface area contributed by atoms with Crippen LogP contribution in [-0.2, 0) is 11.3 Å². The normalized spacial score (nSPS) is 13.4. The summed E-state index contributed by atoms with van der Waals surface area (Å²) in [6.45, 7) is 3.55. The van der Waals surface area contributed by atoms with E-state index >= 15 is 0 Å². The average molecular weight is 484 g/mol. The Kier molecular flexibility index (Phi) is 6.72. The molecule has 0 unspecified atom stereocenters. The number of carbonyl (C=O) groups is 2. The highest BCUT2D eigenvalue weighted by Gasteiger charge is 2.14. The standard InChI is InChI=1S/C27H25N5O4/c33-26(19-7-9-21(10-8-19)32-11-13-36-14-12-32)31-20-4-1-3-18(15-20)16-28-25-22-5-2-6-23(27(34)35)24(22)29-17-30-25/h1-10,15,17H,11-14,16H2,(H,31,33)(H,34,35)(H,28,29,30). The number of carboxylic acid groups (broad SMARTS) is 1. The number of benzene rings is 3. The number of fused-ring (bicyclic) bond motifs is 1. The molecule has 1 fully saturated rings. The molecule has 5 rings (SSSR count). The van der Waals surface area contributed by atoms with Crippen LogP contribution in [0.1, 0.15) is 26.3 Å². The first kappa shape index (κ1) is 23.3. The number of hydrogen-bond donors (Lipinski definition) is 3. The zero-order chi connectivity index (χ0) is 24.9. The molecule has 0 atom stereocenters. The quantitative estimate of drug-likeness (QED) is 0.361. The zero-order valence-corrected chi connectivity index (χ0v) is 19.5. The van der Waals surface area contributed by atoms with Crippen LogP contribution in [0.5, 0.6) is 0 Å². The molecular weight excluding hydrogens is 458 g/mol. The second-order valence-corrected chi connectivity index (χ2v) is 8.38. The predicted molar refractivity (Wildman–Crippen MR) is 138 cm³/mol. The summed E-state index contributed by atoms with van der Waals surface area (Å²) < 4.78 is 5.40. The SMILES string of the molecule is O=C(Nc1cccc(CNc2ncnc3c(C(=O)O)cccc23)c1)c1ccc(N2CCOCC2)cc1. The maximum Gasteiger partial charge on any atom is 0.337 e. The van der Waals surface area contributed by atoms with Crippen LogP contribution in [0.2, 0.25) is 0 Å². The average Bonchev–Trinajstić information content (AvgIpc) is 2.92. The second kappa shape index (κ2) is 10.4. The fourth-order valence-corrected chi connectivity index (χ4v) is 4.19. The van der Waals surface area contributed by atoms with Crippen molar-refractivity contribution < 1.29 is 19.4 Å². The van der Waals surface area contributed by atoms with E-state index in [0.717, 1.165) is 24.3 Å². The zero-order valence-electron chi connectivity index (χ0n) is 19.5. The summed E-state index contributed by atoms with van der Waals surface area (Å²) in [7, 11) is 0. The van der Waals surface area contributed by atoms with Crippen molar-refractivity contribution in [3.63, 3.8) is 0 Å². The number of hydrogen-bond acceptors (Lipinski definition) is 7. The first-order valence-electron chi connectivity index (χ1n) is 11.6. The third-order valence-electron chi connectivity index (χ3n) is 6.05. The van der Waals surface area contributed by atoms with E-state index < -0.39 is 5.97 Å². The minimum Gasteiger partial charge on any atom is -0.478 e. The molecule has 1 aliphatic heterocycles. The first-order valence-corrected chi connectivity index (χ1v) is 11.6. The smallest absolute Gasteiger partial charge is 0.337 e. The molecule has 0 radical (unpaired) electrons. The van der Waals surface area contributed by atoms with Crippen LogP contribution in [0, 0.1) is 0 Å². The molecule has 0 aliphatic carbocycles. The summed E-state index contributed by atoms with van der Waals surface area (Å²) >= 11 is 0. The van der Waals surface area contributed by atoms with Gasteiger partial charge in [-0.05, 0) is 54.1 Å². The molecule has 0 saturated carbocycles. The number of aromatic nitrogens is 2. The number of morpholine rings is 1.